The van der Waals surface area contributed by atoms with Crippen molar-refractivity contribution in [3.63, 3.8) is 0 Å². The summed E-state index contributed by atoms with van der Waals surface area (Å²) in [7, 11) is 0. The smallest absolute Gasteiger partial charge is 0.0732 e. The Balaban J connectivity index is 2.44. The molecule has 1 aromatic rings. The molecule has 0 fully saturated rings. The van der Waals surface area contributed by atoms with Crippen molar-refractivity contribution in [2.75, 3.05) is 6.61 Å². The maximum atomic E-state index is 5.98. The highest BCUT2D eigenvalue weighted by atomic mass is 35.5. The first kappa shape index (κ1) is 12.8. The number of nitrogens with two attached hydrogens (primary N) is 1. The Kier molecular flexibility index (Phi) is 5.40. The average molecular weight is 248 g/mol. The fraction of sp³-hybridized carbons (Fsp3) is 0.455. The summed E-state index contributed by atoms with van der Waals surface area (Å²) in [6, 6.07) is 5.46. The lowest BCUT2D eigenvalue weighted by Crippen LogP contribution is -2.24. The van der Waals surface area contributed by atoms with Crippen LogP contribution in [0, 0.1) is 0 Å². The molecule has 1 rings (SSSR count). The van der Waals surface area contributed by atoms with Gasteiger partial charge in [0.1, 0.15) is 0 Å². The number of hydrogen-bond donors (Lipinski definition) is 1. The van der Waals surface area contributed by atoms with E-state index in [0.717, 1.165) is 12.0 Å². The molecule has 2 N–H and O–H groups in total. The first-order chi connectivity index (χ1) is 7.13. The van der Waals surface area contributed by atoms with Gasteiger partial charge in [-0.05, 0) is 24.1 Å². The van der Waals surface area contributed by atoms with Crippen LogP contribution >= 0.6 is 23.2 Å². The molecule has 2 nitrogen and oxygen atoms in total. The molecule has 0 heterocycles. The van der Waals surface area contributed by atoms with Gasteiger partial charge >= 0.3 is 0 Å². The summed E-state index contributed by atoms with van der Waals surface area (Å²) in [5.41, 5.74) is 6.65. The molecular weight excluding hydrogens is 233 g/mol. The second-order valence-electron chi connectivity index (χ2n) is 3.42. The summed E-state index contributed by atoms with van der Waals surface area (Å²) in [5.74, 6) is 0. The maximum absolute atomic E-state index is 5.98. The lowest BCUT2D eigenvalue weighted by Gasteiger charge is -2.10. The number of benzene rings is 1. The highest BCUT2D eigenvalue weighted by molar-refractivity contribution is 6.35. The molecule has 0 aliphatic heterocycles. The molecule has 0 spiro atoms. The molecule has 0 bridgehead atoms. The van der Waals surface area contributed by atoms with Gasteiger partial charge in [-0.2, -0.15) is 0 Å². The van der Waals surface area contributed by atoms with Gasteiger partial charge in [0.2, 0.25) is 0 Å². The van der Waals surface area contributed by atoms with Crippen LogP contribution in [0.2, 0.25) is 10.0 Å². The Labute approximate surface area is 100 Å². The molecule has 0 radical (unpaired) electrons. The Bertz CT molecular complexity index is 317. The molecule has 0 saturated heterocycles. The van der Waals surface area contributed by atoms with Gasteiger partial charge in [-0.25, -0.2) is 0 Å². The third-order valence-corrected chi connectivity index (χ3v) is 2.72. The van der Waals surface area contributed by atoms with Crippen LogP contribution in [0.5, 0.6) is 0 Å². The zero-order valence-electron chi connectivity index (χ0n) is 8.67. The summed E-state index contributed by atoms with van der Waals surface area (Å²) in [4.78, 5) is 0. The SMILES string of the molecule is CCC(N)COCc1ccc(Cl)cc1Cl. The van der Waals surface area contributed by atoms with Crippen LogP contribution in [-0.4, -0.2) is 12.6 Å². The molecule has 0 saturated carbocycles. The molecule has 1 unspecified atom stereocenters. The van der Waals surface area contributed by atoms with Gasteiger partial charge in [0.15, 0.2) is 0 Å². The van der Waals surface area contributed by atoms with Crippen LogP contribution in [0.25, 0.3) is 0 Å². The summed E-state index contributed by atoms with van der Waals surface area (Å²) < 4.78 is 5.44. The van der Waals surface area contributed by atoms with Crippen LogP contribution in [0.1, 0.15) is 18.9 Å². The van der Waals surface area contributed by atoms with Crippen LogP contribution in [0.3, 0.4) is 0 Å². The van der Waals surface area contributed by atoms with Crippen LogP contribution in [-0.2, 0) is 11.3 Å². The van der Waals surface area contributed by atoms with E-state index >= 15 is 0 Å². The monoisotopic (exact) mass is 247 g/mol. The molecular formula is C11H15Cl2NO. The number of hydrogen-bond acceptors (Lipinski definition) is 2. The largest absolute Gasteiger partial charge is 0.375 e. The van der Waals surface area contributed by atoms with Gasteiger partial charge in [-0.1, -0.05) is 36.2 Å². The van der Waals surface area contributed by atoms with Gasteiger partial charge < -0.3 is 10.5 Å². The third-order valence-electron chi connectivity index (χ3n) is 2.13. The highest BCUT2D eigenvalue weighted by Crippen LogP contribution is 2.21. The lowest BCUT2D eigenvalue weighted by atomic mass is 10.2. The zero-order valence-corrected chi connectivity index (χ0v) is 10.2. The van der Waals surface area contributed by atoms with Crippen molar-refractivity contribution in [1.82, 2.24) is 0 Å². The van der Waals surface area contributed by atoms with Gasteiger partial charge in [-0.15, -0.1) is 0 Å². The molecule has 0 aliphatic carbocycles. The second kappa shape index (κ2) is 6.33. The Hall–Kier alpha value is -0.280. The fourth-order valence-corrected chi connectivity index (χ4v) is 1.54. The van der Waals surface area contributed by atoms with E-state index in [4.69, 9.17) is 33.7 Å². The molecule has 1 atom stereocenters. The fourth-order valence-electron chi connectivity index (χ4n) is 1.08. The molecule has 15 heavy (non-hydrogen) atoms. The summed E-state index contributed by atoms with van der Waals surface area (Å²) in [6.45, 7) is 3.06. The van der Waals surface area contributed by atoms with E-state index in [1.54, 1.807) is 12.1 Å². The molecule has 0 aromatic heterocycles. The predicted molar refractivity (Wildman–Crippen MR) is 64.4 cm³/mol. The number of ether oxygens (including phenoxy) is 1. The average Bonchev–Trinajstić information content (AvgIpc) is 2.21. The number of rotatable bonds is 5. The van der Waals surface area contributed by atoms with E-state index in [1.165, 1.54) is 0 Å². The predicted octanol–water partition coefficient (Wildman–Crippen LogP) is 3.25. The second-order valence-corrected chi connectivity index (χ2v) is 4.26. The standard InChI is InChI=1S/C11H15Cl2NO/c1-2-10(14)7-15-6-8-3-4-9(12)5-11(8)13/h3-5,10H,2,6-7,14H2,1H3. The van der Waals surface area contributed by atoms with E-state index in [-0.39, 0.29) is 6.04 Å². The van der Waals surface area contributed by atoms with Crippen molar-refractivity contribution in [2.45, 2.75) is 26.0 Å². The van der Waals surface area contributed by atoms with Crippen molar-refractivity contribution >= 4 is 23.2 Å². The van der Waals surface area contributed by atoms with E-state index in [0.29, 0.717) is 23.3 Å². The van der Waals surface area contributed by atoms with Crippen molar-refractivity contribution in [3.05, 3.63) is 33.8 Å². The van der Waals surface area contributed by atoms with E-state index in [1.807, 2.05) is 13.0 Å². The van der Waals surface area contributed by atoms with E-state index in [9.17, 15) is 0 Å². The molecule has 0 amide bonds. The topological polar surface area (TPSA) is 35.2 Å². The summed E-state index contributed by atoms with van der Waals surface area (Å²) in [6.07, 6.45) is 0.911. The first-order valence-corrected chi connectivity index (χ1v) is 5.66. The Morgan fingerprint density at radius 3 is 2.73 bits per heavy atom. The minimum Gasteiger partial charge on any atom is -0.375 e. The Morgan fingerprint density at radius 2 is 2.13 bits per heavy atom. The minimum atomic E-state index is 0.0936. The van der Waals surface area contributed by atoms with Gasteiger partial charge in [0.25, 0.3) is 0 Å². The van der Waals surface area contributed by atoms with Crippen molar-refractivity contribution in [2.24, 2.45) is 5.73 Å². The van der Waals surface area contributed by atoms with Gasteiger partial charge in [0.05, 0.1) is 13.2 Å². The molecule has 4 heteroatoms. The third kappa shape index (κ3) is 4.39. The maximum Gasteiger partial charge on any atom is 0.0732 e. The van der Waals surface area contributed by atoms with Crippen molar-refractivity contribution in [1.29, 1.82) is 0 Å². The van der Waals surface area contributed by atoms with Crippen molar-refractivity contribution < 1.29 is 4.74 Å². The minimum absolute atomic E-state index is 0.0936. The summed E-state index contributed by atoms with van der Waals surface area (Å²) in [5, 5.41) is 1.27. The lowest BCUT2D eigenvalue weighted by molar-refractivity contribution is 0.107. The van der Waals surface area contributed by atoms with Crippen LogP contribution in [0.15, 0.2) is 18.2 Å². The van der Waals surface area contributed by atoms with Crippen LogP contribution < -0.4 is 5.73 Å². The Morgan fingerprint density at radius 1 is 1.40 bits per heavy atom. The zero-order chi connectivity index (χ0) is 11.3. The quantitative estimate of drug-likeness (QED) is 0.868. The van der Waals surface area contributed by atoms with Gasteiger partial charge in [-0.3, -0.25) is 0 Å². The summed E-state index contributed by atoms with van der Waals surface area (Å²) >= 11 is 11.8. The van der Waals surface area contributed by atoms with E-state index < -0.39 is 0 Å². The molecule has 0 aliphatic rings. The van der Waals surface area contributed by atoms with Crippen molar-refractivity contribution in [3.8, 4) is 0 Å². The number of halogens is 2. The molecule has 84 valence electrons. The first-order valence-electron chi connectivity index (χ1n) is 4.90. The highest BCUT2D eigenvalue weighted by Gasteiger charge is 2.03. The van der Waals surface area contributed by atoms with E-state index in [2.05, 4.69) is 0 Å². The van der Waals surface area contributed by atoms with Crippen LogP contribution in [0.4, 0.5) is 0 Å². The van der Waals surface area contributed by atoms with Gasteiger partial charge in [0, 0.05) is 16.1 Å². The molecule has 1 aromatic carbocycles. The normalized spacial score (nSPS) is 12.8.